The number of carbonyl (C=O) groups is 1. The summed E-state index contributed by atoms with van der Waals surface area (Å²) in [5.41, 5.74) is 0.810. The number of carbonyl (C=O) groups excluding carboxylic acids is 1. The van der Waals surface area contributed by atoms with Crippen molar-refractivity contribution >= 4 is 35.0 Å². The van der Waals surface area contributed by atoms with Crippen LogP contribution in [0.1, 0.15) is 24.5 Å². The fourth-order valence-corrected chi connectivity index (χ4v) is 2.78. The van der Waals surface area contributed by atoms with Crippen LogP contribution in [-0.2, 0) is 9.53 Å². The zero-order valence-electron chi connectivity index (χ0n) is 12.7. The maximum Gasteiger partial charge on any atom is 0.331 e. The molecule has 5 nitrogen and oxygen atoms in total. The van der Waals surface area contributed by atoms with Crippen molar-refractivity contribution in [3.8, 4) is 10.8 Å². The van der Waals surface area contributed by atoms with Crippen molar-refractivity contribution in [1.82, 2.24) is 10.2 Å². The summed E-state index contributed by atoms with van der Waals surface area (Å²) >= 11 is 7.39. The van der Waals surface area contributed by atoms with Gasteiger partial charge < -0.3 is 9.15 Å². The van der Waals surface area contributed by atoms with Crippen molar-refractivity contribution < 1.29 is 13.9 Å². The highest BCUT2D eigenvalue weighted by atomic mass is 35.5. The number of nitrogens with zero attached hydrogens (tertiary/aromatic N) is 2. The fourth-order valence-electron chi connectivity index (χ4n) is 1.94. The Labute approximate surface area is 147 Å². The predicted molar refractivity (Wildman–Crippen MR) is 92.6 cm³/mol. The van der Waals surface area contributed by atoms with E-state index in [0.29, 0.717) is 10.9 Å². The lowest BCUT2D eigenvalue weighted by molar-refractivity contribution is -0.143. The number of esters is 1. The summed E-state index contributed by atoms with van der Waals surface area (Å²) in [6, 6.07) is 10.9. The summed E-state index contributed by atoms with van der Waals surface area (Å²) in [6.07, 6.45) is 2.33. The van der Waals surface area contributed by atoms with Crippen molar-refractivity contribution in [1.29, 1.82) is 0 Å². The molecule has 0 bridgehead atoms. The minimum absolute atomic E-state index is 0.253. The Bertz CT molecular complexity index is 858. The summed E-state index contributed by atoms with van der Waals surface area (Å²) in [5.74, 6) is 0.165. The van der Waals surface area contributed by atoms with Crippen LogP contribution in [0.4, 0.5) is 0 Å². The highest BCUT2D eigenvalue weighted by Crippen LogP contribution is 2.25. The number of ether oxygens (including phenoxy) is 1. The molecule has 0 aliphatic rings. The van der Waals surface area contributed by atoms with Crippen LogP contribution < -0.4 is 0 Å². The van der Waals surface area contributed by atoms with Gasteiger partial charge in [-0.15, -0.1) is 21.5 Å². The molecule has 0 radical (unpaired) electrons. The normalized spacial score (nSPS) is 12.4. The van der Waals surface area contributed by atoms with E-state index in [2.05, 4.69) is 10.2 Å². The van der Waals surface area contributed by atoms with Crippen molar-refractivity contribution in [3.63, 3.8) is 0 Å². The van der Waals surface area contributed by atoms with Crippen molar-refractivity contribution in [2.45, 2.75) is 13.0 Å². The Hall–Kier alpha value is -2.44. The Morgan fingerprint density at radius 2 is 2.21 bits per heavy atom. The van der Waals surface area contributed by atoms with E-state index >= 15 is 0 Å². The number of thiophene rings is 1. The van der Waals surface area contributed by atoms with Gasteiger partial charge in [0.2, 0.25) is 0 Å². The average Bonchev–Trinajstić information content (AvgIpc) is 3.24. The van der Waals surface area contributed by atoms with Gasteiger partial charge in [0.1, 0.15) is 0 Å². The van der Waals surface area contributed by atoms with E-state index in [1.54, 1.807) is 31.2 Å². The van der Waals surface area contributed by atoms with Crippen LogP contribution in [0.3, 0.4) is 0 Å². The van der Waals surface area contributed by atoms with Crippen LogP contribution >= 0.6 is 22.9 Å². The molecule has 0 saturated heterocycles. The first kappa shape index (κ1) is 16.4. The van der Waals surface area contributed by atoms with Crippen LogP contribution in [-0.4, -0.2) is 16.2 Å². The molecule has 3 rings (SSSR count). The van der Waals surface area contributed by atoms with Crippen molar-refractivity contribution in [3.05, 3.63) is 64.3 Å². The molecule has 1 aromatic carbocycles. The monoisotopic (exact) mass is 360 g/mol. The first-order valence-corrected chi connectivity index (χ1v) is 8.39. The second-order valence-electron chi connectivity index (χ2n) is 4.89. The molecule has 122 valence electrons. The molecule has 3 aromatic rings. The topological polar surface area (TPSA) is 65.2 Å². The standard InChI is InChI=1S/C17H13ClN2O3S/c1-11(16-19-20-17(23-16)14-6-3-9-24-14)22-15(21)8-7-12-4-2-5-13(18)10-12/h2-11H,1H3/b8-7+/t11-/m0/s1. The summed E-state index contributed by atoms with van der Waals surface area (Å²) in [6.45, 7) is 1.68. The summed E-state index contributed by atoms with van der Waals surface area (Å²) in [7, 11) is 0. The van der Waals surface area contributed by atoms with Crippen LogP contribution in [0.25, 0.3) is 16.8 Å². The largest absolute Gasteiger partial charge is 0.449 e. The zero-order chi connectivity index (χ0) is 16.9. The molecular formula is C17H13ClN2O3S. The van der Waals surface area contributed by atoms with Gasteiger partial charge in [-0.1, -0.05) is 29.8 Å². The molecule has 24 heavy (non-hydrogen) atoms. The fraction of sp³-hybridized carbons (Fsp3) is 0.118. The SMILES string of the molecule is C[C@H](OC(=O)/C=C/c1cccc(Cl)c1)c1nnc(-c2cccs2)o1. The lowest BCUT2D eigenvalue weighted by Gasteiger charge is -2.06. The van der Waals surface area contributed by atoms with E-state index in [1.165, 1.54) is 17.4 Å². The van der Waals surface area contributed by atoms with Gasteiger partial charge in [-0.25, -0.2) is 4.79 Å². The third kappa shape index (κ3) is 4.10. The van der Waals surface area contributed by atoms with E-state index in [-0.39, 0.29) is 5.89 Å². The number of halogens is 1. The molecule has 7 heteroatoms. The van der Waals surface area contributed by atoms with Crippen molar-refractivity contribution in [2.24, 2.45) is 0 Å². The highest BCUT2D eigenvalue weighted by Gasteiger charge is 2.18. The third-order valence-electron chi connectivity index (χ3n) is 3.07. The molecule has 0 fully saturated rings. The molecule has 0 spiro atoms. The first-order valence-electron chi connectivity index (χ1n) is 7.13. The highest BCUT2D eigenvalue weighted by molar-refractivity contribution is 7.13. The molecule has 1 atom stereocenters. The molecule has 2 aromatic heterocycles. The summed E-state index contributed by atoms with van der Waals surface area (Å²) in [5, 5.41) is 10.4. The maximum absolute atomic E-state index is 11.9. The first-order chi connectivity index (χ1) is 11.6. The molecule has 2 heterocycles. The smallest absolute Gasteiger partial charge is 0.331 e. The van der Waals surface area contributed by atoms with Crippen LogP contribution in [0.5, 0.6) is 0 Å². The van der Waals surface area contributed by atoms with E-state index in [0.717, 1.165) is 10.4 Å². The van der Waals surface area contributed by atoms with E-state index in [9.17, 15) is 4.79 Å². The number of aromatic nitrogens is 2. The Kier molecular flexibility index (Phi) is 5.08. The number of hydrogen-bond donors (Lipinski definition) is 0. The minimum atomic E-state index is -0.636. The van der Waals surface area contributed by atoms with Gasteiger partial charge in [-0.2, -0.15) is 0 Å². The molecule has 0 amide bonds. The van der Waals surface area contributed by atoms with Crippen LogP contribution in [0, 0.1) is 0 Å². The summed E-state index contributed by atoms with van der Waals surface area (Å²) in [4.78, 5) is 12.8. The van der Waals surface area contributed by atoms with Crippen LogP contribution in [0.15, 0.2) is 52.3 Å². The summed E-state index contributed by atoms with van der Waals surface area (Å²) < 4.78 is 10.8. The third-order valence-corrected chi connectivity index (χ3v) is 4.17. The van der Waals surface area contributed by atoms with E-state index in [1.807, 2.05) is 23.6 Å². The average molecular weight is 361 g/mol. The Morgan fingerprint density at radius 3 is 2.96 bits per heavy atom. The van der Waals surface area contributed by atoms with E-state index < -0.39 is 12.1 Å². The van der Waals surface area contributed by atoms with Gasteiger partial charge in [0.25, 0.3) is 11.8 Å². The molecule has 0 saturated carbocycles. The molecule has 0 unspecified atom stereocenters. The Morgan fingerprint density at radius 1 is 1.33 bits per heavy atom. The number of rotatable bonds is 5. The Balaban J connectivity index is 1.62. The second kappa shape index (κ2) is 7.42. The zero-order valence-corrected chi connectivity index (χ0v) is 14.3. The number of hydrogen-bond acceptors (Lipinski definition) is 6. The van der Waals surface area contributed by atoms with E-state index in [4.69, 9.17) is 20.8 Å². The van der Waals surface area contributed by atoms with Crippen molar-refractivity contribution in [2.75, 3.05) is 0 Å². The molecule has 0 N–H and O–H groups in total. The minimum Gasteiger partial charge on any atom is -0.449 e. The van der Waals surface area contributed by atoms with Gasteiger partial charge in [0.15, 0.2) is 6.10 Å². The van der Waals surface area contributed by atoms with Gasteiger partial charge in [0.05, 0.1) is 4.88 Å². The lowest BCUT2D eigenvalue weighted by atomic mass is 10.2. The van der Waals surface area contributed by atoms with Gasteiger partial charge in [-0.05, 0) is 42.1 Å². The lowest BCUT2D eigenvalue weighted by Crippen LogP contribution is -2.06. The van der Waals surface area contributed by atoms with Crippen LogP contribution in [0.2, 0.25) is 5.02 Å². The predicted octanol–water partition coefficient (Wildman–Crippen LogP) is 4.77. The quantitative estimate of drug-likeness (QED) is 0.484. The molecule has 0 aliphatic heterocycles. The second-order valence-corrected chi connectivity index (χ2v) is 6.27. The van der Waals surface area contributed by atoms with Gasteiger partial charge >= 0.3 is 5.97 Å². The van der Waals surface area contributed by atoms with Gasteiger partial charge in [0, 0.05) is 11.1 Å². The van der Waals surface area contributed by atoms with Gasteiger partial charge in [-0.3, -0.25) is 0 Å². The maximum atomic E-state index is 11.9. The number of benzene rings is 1. The molecule has 0 aliphatic carbocycles. The molecular weight excluding hydrogens is 348 g/mol.